The minimum atomic E-state index is 0.888. The van der Waals surface area contributed by atoms with E-state index in [9.17, 15) is 0 Å². The van der Waals surface area contributed by atoms with Crippen molar-refractivity contribution in [2.75, 3.05) is 7.11 Å². The average molecular weight is 327 g/mol. The van der Waals surface area contributed by atoms with Gasteiger partial charge in [-0.3, -0.25) is 0 Å². The number of benzene rings is 3. The first kappa shape index (κ1) is 15.5. The summed E-state index contributed by atoms with van der Waals surface area (Å²) in [7, 11) is 1.72. The fraction of sp³-hybridized carbons (Fsp3) is 0.130. The van der Waals surface area contributed by atoms with Gasteiger partial charge in [-0.25, -0.2) is 0 Å². The van der Waals surface area contributed by atoms with Crippen molar-refractivity contribution >= 4 is 10.9 Å². The van der Waals surface area contributed by atoms with Gasteiger partial charge in [0, 0.05) is 23.6 Å². The van der Waals surface area contributed by atoms with Crippen LogP contribution in [0.15, 0.2) is 78.9 Å². The highest BCUT2D eigenvalue weighted by Crippen LogP contribution is 2.41. The van der Waals surface area contributed by atoms with E-state index in [2.05, 4.69) is 84.3 Å². The van der Waals surface area contributed by atoms with E-state index in [0.29, 0.717) is 0 Å². The van der Waals surface area contributed by atoms with E-state index in [1.54, 1.807) is 7.11 Å². The Morgan fingerprint density at radius 2 is 1.44 bits per heavy atom. The van der Waals surface area contributed by atoms with Gasteiger partial charge in [-0.1, -0.05) is 60.7 Å². The first-order valence-corrected chi connectivity index (χ1v) is 8.64. The summed E-state index contributed by atoms with van der Waals surface area (Å²) < 4.78 is 7.85. The lowest BCUT2D eigenvalue weighted by Gasteiger charge is -2.11. The van der Waals surface area contributed by atoms with E-state index in [1.165, 1.54) is 33.3 Å². The summed E-state index contributed by atoms with van der Waals surface area (Å²) in [5, 5.41) is 1.26. The molecular weight excluding hydrogens is 306 g/mol. The van der Waals surface area contributed by atoms with Gasteiger partial charge in [-0.05, 0) is 30.2 Å². The fourth-order valence-electron chi connectivity index (χ4n) is 3.58. The van der Waals surface area contributed by atoms with E-state index >= 15 is 0 Å². The number of hydrogen-bond acceptors (Lipinski definition) is 1. The number of hydrogen-bond donors (Lipinski definition) is 0. The Hall–Kier alpha value is -3.00. The van der Waals surface area contributed by atoms with Gasteiger partial charge in [-0.2, -0.15) is 0 Å². The molecule has 25 heavy (non-hydrogen) atoms. The molecule has 0 fully saturated rings. The molecule has 0 atom stereocenters. The van der Waals surface area contributed by atoms with Gasteiger partial charge in [0.25, 0.3) is 0 Å². The minimum Gasteiger partial charge on any atom is -0.497 e. The third-order valence-corrected chi connectivity index (χ3v) is 4.70. The lowest BCUT2D eigenvalue weighted by Crippen LogP contribution is -1.97. The highest BCUT2D eigenvalue weighted by Gasteiger charge is 2.19. The van der Waals surface area contributed by atoms with Gasteiger partial charge >= 0.3 is 0 Å². The van der Waals surface area contributed by atoms with Gasteiger partial charge in [0.2, 0.25) is 0 Å². The first-order valence-electron chi connectivity index (χ1n) is 8.64. The maximum atomic E-state index is 5.47. The Morgan fingerprint density at radius 3 is 2.04 bits per heavy atom. The van der Waals surface area contributed by atoms with Crippen LogP contribution in [0, 0.1) is 0 Å². The third kappa shape index (κ3) is 2.60. The molecule has 4 rings (SSSR count). The second-order valence-electron chi connectivity index (χ2n) is 6.08. The zero-order chi connectivity index (χ0) is 17.2. The molecule has 0 saturated heterocycles. The second-order valence-corrected chi connectivity index (χ2v) is 6.08. The highest BCUT2D eigenvalue weighted by atomic mass is 16.5. The molecular formula is C23H21NO. The third-order valence-electron chi connectivity index (χ3n) is 4.70. The Kier molecular flexibility index (Phi) is 4.02. The molecule has 0 spiro atoms. The molecule has 0 saturated carbocycles. The summed E-state index contributed by atoms with van der Waals surface area (Å²) in [6, 6.07) is 27.6. The van der Waals surface area contributed by atoms with E-state index < -0.39 is 0 Å². The molecule has 0 aliphatic heterocycles. The quantitative estimate of drug-likeness (QED) is 0.448. The van der Waals surface area contributed by atoms with Crippen LogP contribution in [0.25, 0.3) is 33.3 Å². The number of methoxy groups -OCH3 is 1. The van der Waals surface area contributed by atoms with Gasteiger partial charge in [-0.15, -0.1) is 0 Å². The lowest BCUT2D eigenvalue weighted by molar-refractivity contribution is 0.415. The fourth-order valence-corrected chi connectivity index (χ4v) is 3.58. The van der Waals surface area contributed by atoms with Crippen molar-refractivity contribution < 1.29 is 4.74 Å². The standard InChI is InChI=1S/C23H21NO/c1-3-24-21-16-19(25-2)14-15-20(21)22(17-10-6-4-7-11-17)23(24)18-12-8-5-9-13-18/h4-16H,3H2,1-2H3. The smallest absolute Gasteiger partial charge is 0.120 e. The van der Waals surface area contributed by atoms with Crippen LogP contribution in [0.2, 0.25) is 0 Å². The summed E-state index contributed by atoms with van der Waals surface area (Å²) in [6.45, 7) is 3.10. The number of aryl methyl sites for hydroxylation is 1. The van der Waals surface area contributed by atoms with Crippen LogP contribution in [0.1, 0.15) is 6.92 Å². The molecule has 2 heteroatoms. The molecule has 2 nitrogen and oxygen atoms in total. The Bertz CT molecular complexity index is 1000. The molecule has 0 unspecified atom stereocenters. The van der Waals surface area contributed by atoms with Crippen molar-refractivity contribution in [2.24, 2.45) is 0 Å². The van der Waals surface area contributed by atoms with Gasteiger partial charge < -0.3 is 9.30 Å². The van der Waals surface area contributed by atoms with Gasteiger partial charge in [0.15, 0.2) is 0 Å². The van der Waals surface area contributed by atoms with Gasteiger partial charge in [0.05, 0.1) is 18.3 Å². The van der Waals surface area contributed by atoms with Crippen LogP contribution in [0.5, 0.6) is 5.75 Å². The van der Waals surface area contributed by atoms with Crippen LogP contribution in [-0.4, -0.2) is 11.7 Å². The number of nitrogens with zero attached hydrogens (tertiary/aromatic N) is 1. The zero-order valence-corrected chi connectivity index (χ0v) is 14.6. The summed E-state index contributed by atoms with van der Waals surface area (Å²) in [5.41, 5.74) is 6.23. The van der Waals surface area contributed by atoms with E-state index in [4.69, 9.17) is 4.74 Å². The number of ether oxygens (including phenoxy) is 1. The summed E-state index contributed by atoms with van der Waals surface area (Å²) >= 11 is 0. The summed E-state index contributed by atoms with van der Waals surface area (Å²) in [4.78, 5) is 0. The normalized spacial score (nSPS) is 11.0. The van der Waals surface area contributed by atoms with E-state index in [0.717, 1.165) is 12.3 Å². The van der Waals surface area contributed by atoms with E-state index in [1.807, 2.05) is 6.07 Å². The lowest BCUT2D eigenvalue weighted by atomic mass is 9.98. The highest BCUT2D eigenvalue weighted by molar-refractivity contribution is 6.05. The first-order chi connectivity index (χ1) is 12.3. The van der Waals surface area contributed by atoms with Crippen LogP contribution in [0.3, 0.4) is 0 Å². The zero-order valence-electron chi connectivity index (χ0n) is 14.6. The number of rotatable bonds is 4. The maximum Gasteiger partial charge on any atom is 0.120 e. The molecule has 124 valence electrons. The van der Waals surface area contributed by atoms with Crippen LogP contribution in [-0.2, 0) is 6.54 Å². The van der Waals surface area contributed by atoms with Crippen molar-refractivity contribution in [3.05, 3.63) is 78.9 Å². The molecule has 1 aromatic heterocycles. The number of aromatic nitrogens is 1. The summed E-state index contributed by atoms with van der Waals surface area (Å²) in [5.74, 6) is 0.888. The molecule has 0 amide bonds. The Balaban J connectivity index is 2.13. The maximum absolute atomic E-state index is 5.47. The molecule has 0 aliphatic carbocycles. The Labute approximate surface area is 148 Å². The van der Waals surface area contributed by atoms with Crippen molar-refractivity contribution in [1.29, 1.82) is 0 Å². The molecule has 0 N–H and O–H groups in total. The second kappa shape index (κ2) is 6.48. The van der Waals surface area contributed by atoms with Gasteiger partial charge in [0.1, 0.15) is 5.75 Å². The molecule has 3 aromatic carbocycles. The van der Waals surface area contributed by atoms with Crippen LogP contribution < -0.4 is 4.74 Å². The van der Waals surface area contributed by atoms with Crippen molar-refractivity contribution in [1.82, 2.24) is 4.57 Å². The molecule has 1 heterocycles. The Morgan fingerprint density at radius 1 is 0.800 bits per heavy atom. The predicted molar refractivity (Wildman–Crippen MR) is 105 cm³/mol. The largest absolute Gasteiger partial charge is 0.497 e. The molecule has 4 aromatic rings. The van der Waals surface area contributed by atoms with Crippen molar-refractivity contribution in [2.45, 2.75) is 13.5 Å². The van der Waals surface area contributed by atoms with Crippen molar-refractivity contribution in [3.63, 3.8) is 0 Å². The number of fused-ring (bicyclic) bond motifs is 1. The summed E-state index contributed by atoms with van der Waals surface area (Å²) in [6.07, 6.45) is 0. The van der Waals surface area contributed by atoms with Crippen LogP contribution in [0.4, 0.5) is 0 Å². The predicted octanol–water partition coefficient (Wildman–Crippen LogP) is 6.00. The molecule has 0 radical (unpaired) electrons. The monoisotopic (exact) mass is 327 g/mol. The van der Waals surface area contributed by atoms with Crippen molar-refractivity contribution in [3.8, 4) is 28.1 Å². The molecule has 0 aliphatic rings. The average Bonchev–Trinajstić information content (AvgIpc) is 3.02. The topological polar surface area (TPSA) is 14.2 Å². The SMILES string of the molecule is CCn1c(-c2ccccc2)c(-c2ccccc2)c2ccc(OC)cc21. The van der Waals surface area contributed by atoms with Crippen LogP contribution >= 0.6 is 0 Å². The molecule has 0 bridgehead atoms. The van der Waals surface area contributed by atoms with E-state index in [-0.39, 0.29) is 0 Å². The minimum absolute atomic E-state index is 0.888.